The molecule has 0 atom stereocenters. The predicted octanol–water partition coefficient (Wildman–Crippen LogP) is 2.17. The number of hydroxylamine groups is 2. The van der Waals surface area contributed by atoms with E-state index in [-0.39, 0.29) is 16.8 Å². The molecule has 1 aliphatic rings. The largest absolute Gasteiger partial charge is 0.444 e. The molecule has 0 saturated heterocycles. The highest BCUT2D eigenvalue weighted by atomic mass is 16.7. The number of fused-ring (bicyclic) bond motifs is 1. The molecule has 1 aromatic carbocycles. The van der Waals surface area contributed by atoms with Crippen LogP contribution in [0.25, 0.3) is 0 Å². The van der Waals surface area contributed by atoms with Gasteiger partial charge in [-0.1, -0.05) is 17.2 Å². The van der Waals surface area contributed by atoms with Crippen molar-refractivity contribution >= 4 is 23.9 Å². The smallest absolute Gasteiger partial charge is 0.407 e. The van der Waals surface area contributed by atoms with Crippen molar-refractivity contribution in [1.82, 2.24) is 20.2 Å². The molecule has 1 aliphatic heterocycles. The minimum atomic E-state index is -0.921. The first-order valence-corrected chi connectivity index (χ1v) is 9.36. The molecule has 2 heterocycles. The van der Waals surface area contributed by atoms with Gasteiger partial charge in [-0.2, -0.15) is 5.10 Å². The Balaban J connectivity index is 1.49. The first kappa shape index (κ1) is 21.0. The second-order valence-corrected chi connectivity index (χ2v) is 7.58. The zero-order valence-electron chi connectivity index (χ0n) is 16.9. The first-order chi connectivity index (χ1) is 14.2. The Labute approximate surface area is 172 Å². The van der Waals surface area contributed by atoms with E-state index in [2.05, 4.69) is 10.4 Å². The van der Waals surface area contributed by atoms with Crippen molar-refractivity contribution in [3.63, 3.8) is 0 Å². The van der Waals surface area contributed by atoms with Crippen LogP contribution in [0.4, 0.5) is 4.79 Å². The average molecular weight is 414 g/mol. The summed E-state index contributed by atoms with van der Waals surface area (Å²) in [5.41, 5.74) is -0.260. The number of alkyl carbamates (subject to hydrolysis) is 1. The zero-order chi connectivity index (χ0) is 21.9. The van der Waals surface area contributed by atoms with Gasteiger partial charge in [-0.3, -0.25) is 14.3 Å². The Morgan fingerprint density at radius 2 is 1.70 bits per heavy atom. The number of nitrogens with zero attached hydrogens (tertiary/aromatic N) is 3. The van der Waals surface area contributed by atoms with Gasteiger partial charge in [0.15, 0.2) is 5.69 Å². The van der Waals surface area contributed by atoms with Crippen LogP contribution in [0.3, 0.4) is 0 Å². The van der Waals surface area contributed by atoms with Crippen molar-refractivity contribution in [3.8, 4) is 0 Å². The lowest BCUT2D eigenvalue weighted by molar-refractivity contribution is -0.0589. The maximum atomic E-state index is 12.3. The Morgan fingerprint density at radius 3 is 2.30 bits per heavy atom. The van der Waals surface area contributed by atoms with Crippen molar-refractivity contribution in [3.05, 3.63) is 53.3 Å². The summed E-state index contributed by atoms with van der Waals surface area (Å²) in [7, 11) is 0. The summed E-state index contributed by atoms with van der Waals surface area (Å²) in [6.07, 6.45) is 1.61. The summed E-state index contributed by atoms with van der Waals surface area (Å²) in [6.45, 7) is 6.12. The quantitative estimate of drug-likeness (QED) is 0.568. The topological polar surface area (TPSA) is 120 Å². The number of hydrogen-bond acceptors (Lipinski definition) is 7. The lowest BCUT2D eigenvalue weighted by atomic mass is 10.1. The van der Waals surface area contributed by atoms with Crippen LogP contribution in [-0.4, -0.2) is 50.9 Å². The van der Waals surface area contributed by atoms with Crippen molar-refractivity contribution < 1.29 is 28.8 Å². The van der Waals surface area contributed by atoms with Gasteiger partial charge in [0.25, 0.3) is 11.8 Å². The number of nitrogens with one attached hydrogen (secondary N) is 1. The van der Waals surface area contributed by atoms with E-state index in [1.54, 1.807) is 39.1 Å². The molecule has 0 unspecified atom stereocenters. The predicted molar refractivity (Wildman–Crippen MR) is 103 cm³/mol. The van der Waals surface area contributed by atoms with Gasteiger partial charge >= 0.3 is 12.1 Å². The van der Waals surface area contributed by atoms with E-state index >= 15 is 0 Å². The summed E-state index contributed by atoms with van der Waals surface area (Å²) >= 11 is 0. The summed E-state index contributed by atoms with van der Waals surface area (Å²) < 4.78 is 6.63. The van der Waals surface area contributed by atoms with E-state index in [1.165, 1.54) is 22.9 Å². The molecule has 0 bridgehead atoms. The second kappa shape index (κ2) is 8.36. The van der Waals surface area contributed by atoms with E-state index in [4.69, 9.17) is 9.57 Å². The van der Waals surface area contributed by atoms with Crippen molar-refractivity contribution in [1.29, 1.82) is 0 Å². The lowest BCUT2D eigenvalue weighted by Gasteiger charge is -2.19. The van der Waals surface area contributed by atoms with Gasteiger partial charge in [-0.05, 0) is 45.4 Å². The minimum Gasteiger partial charge on any atom is -0.444 e. The monoisotopic (exact) mass is 414 g/mol. The standard InChI is InChI=1S/C20H22N4O6/c1-20(2,3)29-19(28)21-10-6-11-23-12-9-15(22-23)18(27)30-24-16(25)13-7-4-5-8-14(13)17(24)26/h4-5,7-9,12H,6,10-11H2,1-3H3,(H,21,28). The van der Waals surface area contributed by atoms with Crippen molar-refractivity contribution in [2.24, 2.45) is 0 Å². The molecule has 1 aromatic heterocycles. The van der Waals surface area contributed by atoms with E-state index in [1.807, 2.05) is 0 Å². The van der Waals surface area contributed by atoms with Gasteiger partial charge in [0, 0.05) is 19.3 Å². The molecule has 3 amide bonds. The van der Waals surface area contributed by atoms with Gasteiger partial charge < -0.3 is 14.9 Å². The van der Waals surface area contributed by atoms with Crippen LogP contribution < -0.4 is 5.32 Å². The van der Waals surface area contributed by atoms with E-state index in [0.717, 1.165) is 0 Å². The Bertz CT molecular complexity index is 956. The van der Waals surface area contributed by atoms with Gasteiger partial charge in [-0.15, -0.1) is 0 Å². The molecule has 0 radical (unpaired) electrons. The molecule has 158 valence electrons. The van der Waals surface area contributed by atoms with Gasteiger partial charge in [0.1, 0.15) is 5.60 Å². The highest BCUT2D eigenvalue weighted by molar-refractivity contribution is 6.21. The van der Waals surface area contributed by atoms with Crippen molar-refractivity contribution in [2.45, 2.75) is 39.3 Å². The summed E-state index contributed by atoms with van der Waals surface area (Å²) in [4.78, 5) is 53.3. The third-order valence-electron chi connectivity index (χ3n) is 4.01. The average Bonchev–Trinajstić information content (AvgIpc) is 3.24. The van der Waals surface area contributed by atoms with E-state index < -0.39 is 29.5 Å². The third-order valence-corrected chi connectivity index (χ3v) is 4.01. The number of ether oxygens (including phenoxy) is 1. The van der Waals surface area contributed by atoms with Crippen LogP contribution in [0, 0.1) is 0 Å². The number of amides is 3. The molecule has 0 aliphatic carbocycles. The molecule has 10 nitrogen and oxygen atoms in total. The SMILES string of the molecule is CC(C)(C)OC(=O)NCCCn1ccc(C(=O)ON2C(=O)c3ccccc3C2=O)n1. The zero-order valence-corrected chi connectivity index (χ0v) is 16.9. The summed E-state index contributed by atoms with van der Waals surface area (Å²) in [5.74, 6) is -2.32. The third kappa shape index (κ3) is 4.83. The molecule has 3 rings (SSSR count). The number of benzene rings is 1. The lowest BCUT2D eigenvalue weighted by Crippen LogP contribution is -2.33. The number of aryl methyl sites for hydroxylation is 1. The molecule has 0 spiro atoms. The maximum absolute atomic E-state index is 12.3. The second-order valence-electron chi connectivity index (χ2n) is 7.58. The summed E-state index contributed by atoms with van der Waals surface area (Å²) in [5, 5.41) is 7.15. The Kier molecular flexibility index (Phi) is 5.86. The first-order valence-electron chi connectivity index (χ1n) is 9.36. The Morgan fingerprint density at radius 1 is 1.07 bits per heavy atom. The molecule has 1 N–H and O–H groups in total. The molecule has 10 heteroatoms. The number of rotatable bonds is 6. The minimum absolute atomic E-state index is 0.0494. The number of hydrogen-bond donors (Lipinski definition) is 1. The molecular weight excluding hydrogens is 392 g/mol. The number of imide groups is 1. The van der Waals surface area contributed by atoms with Gasteiger partial charge in [-0.25, -0.2) is 9.59 Å². The van der Waals surface area contributed by atoms with Gasteiger partial charge in [0.2, 0.25) is 0 Å². The van der Waals surface area contributed by atoms with E-state index in [0.29, 0.717) is 24.6 Å². The maximum Gasteiger partial charge on any atom is 0.407 e. The fourth-order valence-electron chi connectivity index (χ4n) is 2.72. The molecule has 0 fully saturated rings. The highest BCUT2D eigenvalue weighted by Gasteiger charge is 2.39. The van der Waals surface area contributed by atoms with Crippen LogP contribution in [-0.2, 0) is 16.1 Å². The van der Waals surface area contributed by atoms with Crippen LogP contribution in [0.15, 0.2) is 36.5 Å². The number of aromatic nitrogens is 2. The Hall–Kier alpha value is -3.69. The van der Waals surface area contributed by atoms with E-state index in [9.17, 15) is 19.2 Å². The number of carbonyl (C=O) groups excluding carboxylic acids is 4. The normalized spacial score (nSPS) is 13.2. The molecule has 2 aromatic rings. The molecular formula is C20H22N4O6. The number of carbonyl (C=O) groups is 4. The van der Waals surface area contributed by atoms with Gasteiger partial charge in [0.05, 0.1) is 11.1 Å². The summed E-state index contributed by atoms with van der Waals surface area (Å²) in [6, 6.07) is 7.64. The van der Waals surface area contributed by atoms with Crippen LogP contribution in [0.2, 0.25) is 0 Å². The van der Waals surface area contributed by atoms with Crippen LogP contribution in [0.1, 0.15) is 58.4 Å². The van der Waals surface area contributed by atoms with Crippen molar-refractivity contribution in [2.75, 3.05) is 6.54 Å². The van der Waals surface area contributed by atoms with Crippen LogP contribution in [0.5, 0.6) is 0 Å². The molecule has 30 heavy (non-hydrogen) atoms. The highest BCUT2D eigenvalue weighted by Crippen LogP contribution is 2.23. The fraction of sp³-hybridized carbons (Fsp3) is 0.350. The molecule has 0 saturated carbocycles. The van der Waals surface area contributed by atoms with Crippen LogP contribution >= 0.6 is 0 Å². The fourth-order valence-corrected chi connectivity index (χ4v) is 2.72.